The van der Waals surface area contributed by atoms with E-state index in [0.717, 1.165) is 27.4 Å². The Hall–Kier alpha value is -1.16. The summed E-state index contributed by atoms with van der Waals surface area (Å²) in [4.78, 5) is 10.7. The lowest BCUT2D eigenvalue weighted by Gasteiger charge is -1.98. The molecule has 0 aliphatic carbocycles. The Labute approximate surface area is 89.8 Å². The molecular weight excluding hydrogens is 244 g/mol. The predicted octanol–water partition coefficient (Wildman–Crippen LogP) is 2.46. The first-order valence-electron chi connectivity index (χ1n) is 4.21. The van der Waals surface area contributed by atoms with E-state index in [1.807, 2.05) is 26.1 Å². The van der Waals surface area contributed by atoms with Crippen molar-refractivity contribution >= 4 is 33.1 Å². The summed E-state index contributed by atoms with van der Waals surface area (Å²) < 4.78 is 2.60. The molecule has 0 radical (unpaired) electrons. The van der Waals surface area contributed by atoms with Crippen molar-refractivity contribution in [3.8, 4) is 0 Å². The van der Waals surface area contributed by atoms with Gasteiger partial charge < -0.3 is 0 Å². The topological polar surface area (TPSA) is 34.9 Å². The zero-order valence-corrected chi connectivity index (χ0v) is 9.50. The number of nitrogens with zero attached hydrogens (tertiary/aromatic N) is 2. The van der Waals surface area contributed by atoms with E-state index < -0.39 is 0 Å². The van der Waals surface area contributed by atoms with Crippen LogP contribution in [0.4, 0.5) is 0 Å². The van der Waals surface area contributed by atoms with Crippen molar-refractivity contribution in [2.75, 3.05) is 0 Å². The summed E-state index contributed by atoms with van der Waals surface area (Å²) in [6, 6.07) is 3.77. The maximum atomic E-state index is 10.7. The summed E-state index contributed by atoms with van der Waals surface area (Å²) in [6.07, 6.45) is 0.839. The number of aromatic nitrogens is 2. The first-order chi connectivity index (χ1) is 6.63. The fourth-order valence-electron chi connectivity index (χ4n) is 1.56. The highest BCUT2D eigenvalue weighted by molar-refractivity contribution is 9.10. The van der Waals surface area contributed by atoms with Crippen LogP contribution in [0.2, 0.25) is 0 Å². The van der Waals surface area contributed by atoms with Gasteiger partial charge in [0.15, 0.2) is 6.29 Å². The minimum atomic E-state index is 0.653. The van der Waals surface area contributed by atoms with Gasteiger partial charge in [-0.2, -0.15) is 5.10 Å². The molecule has 1 aromatic carbocycles. The van der Waals surface area contributed by atoms with E-state index >= 15 is 0 Å². The summed E-state index contributed by atoms with van der Waals surface area (Å²) in [7, 11) is 1.87. The van der Waals surface area contributed by atoms with Gasteiger partial charge in [0.1, 0.15) is 0 Å². The van der Waals surface area contributed by atoms with Crippen LogP contribution < -0.4 is 0 Å². The SMILES string of the molecule is Cc1nn(C)c2cc(C=O)c(Br)cc12. The van der Waals surface area contributed by atoms with E-state index in [-0.39, 0.29) is 0 Å². The van der Waals surface area contributed by atoms with Crippen molar-refractivity contribution in [2.24, 2.45) is 7.05 Å². The second-order valence-electron chi connectivity index (χ2n) is 3.22. The summed E-state index contributed by atoms with van der Waals surface area (Å²) in [5.74, 6) is 0. The zero-order valence-electron chi connectivity index (χ0n) is 7.91. The third kappa shape index (κ3) is 1.26. The van der Waals surface area contributed by atoms with Gasteiger partial charge in [0, 0.05) is 22.5 Å². The molecule has 2 aromatic rings. The quantitative estimate of drug-likeness (QED) is 0.731. The highest BCUT2D eigenvalue weighted by atomic mass is 79.9. The molecule has 0 unspecified atom stereocenters. The number of hydrogen-bond acceptors (Lipinski definition) is 2. The second-order valence-corrected chi connectivity index (χ2v) is 4.07. The Morgan fingerprint density at radius 1 is 1.50 bits per heavy atom. The number of carbonyl (C=O) groups excluding carboxylic acids is 1. The molecule has 0 amide bonds. The number of hydrogen-bond donors (Lipinski definition) is 0. The molecule has 0 aliphatic heterocycles. The van der Waals surface area contributed by atoms with Crippen molar-refractivity contribution in [3.05, 3.63) is 27.9 Å². The van der Waals surface area contributed by atoms with Crippen LogP contribution in [0.15, 0.2) is 16.6 Å². The standard InChI is InChI=1S/C10H9BrN2O/c1-6-8-4-9(11)7(5-14)3-10(8)13(2)12-6/h3-5H,1-2H3. The molecule has 0 spiro atoms. The smallest absolute Gasteiger partial charge is 0.151 e. The molecule has 72 valence electrons. The van der Waals surface area contributed by atoms with Crippen LogP contribution in [-0.4, -0.2) is 16.1 Å². The van der Waals surface area contributed by atoms with E-state index in [2.05, 4.69) is 21.0 Å². The number of aldehydes is 1. The highest BCUT2D eigenvalue weighted by Crippen LogP contribution is 2.25. The molecule has 3 nitrogen and oxygen atoms in total. The summed E-state index contributed by atoms with van der Waals surface area (Å²) in [5.41, 5.74) is 2.61. The average Bonchev–Trinajstić information content (AvgIpc) is 2.41. The highest BCUT2D eigenvalue weighted by Gasteiger charge is 2.08. The van der Waals surface area contributed by atoms with Crippen LogP contribution in [0.25, 0.3) is 10.9 Å². The summed E-state index contributed by atoms with van der Waals surface area (Å²) in [6.45, 7) is 1.95. The van der Waals surface area contributed by atoms with Crippen LogP contribution >= 0.6 is 15.9 Å². The minimum Gasteiger partial charge on any atom is -0.298 e. The lowest BCUT2D eigenvalue weighted by molar-refractivity contribution is 0.112. The predicted molar refractivity (Wildman–Crippen MR) is 58.5 cm³/mol. The lowest BCUT2D eigenvalue weighted by Crippen LogP contribution is -1.90. The monoisotopic (exact) mass is 252 g/mol. The van der Waals surface area contributed by atoms with Gasteiger partial charge in [0.05, 0.1) is 11.2 Å². The molecule has 1 heterocycles. The molecule has 0 aliphatic rings. The molecule has 14 heavy (non-hydrogen) atoms. The Morgan fingerprint density at radius 2 is 2.21 bits per heavy atom. The Kier molecular flexibility index (Phi) is 2.15. The fraction of sp³-hybridized carbons (Fsp3) is 0.200. The number of carbonyl (C=O) groups is 1. The third-order valence-corrected chi connectivity index (χ3v) is 2.97. The van der Waals surface area contributed by atoms with Crippen molar-refractivity contribution < 1.29 is 4.79 Å². The number of rotatable bonds is 1. The van der Waals surface area contributed by atoms with E-state index in [1.165, 1.54) is 0 Å². The number of benzene rings is 1. The van der Waals surface area contributed by atoms with Crippen molar-refractivity contribution in [1.82, 2.24) is 9.78 Å². The average molecular weight is 253 g/mol. The van der Waals surface area contributed by atoms with Gasteiger partial charge >= 0.3 is 0 Å². The Bertz CT molecular complexity index is 516. The molecule has 0 saturated heterocycles. The van der Waals surface area contributed by atoms with Gasteiger partial charge in [-0.25, -0.2) is 0 Å². The molecule has 2 rings (SSSR count). The van der Waals surface area contributed by atoms with E-state index in [4.69, 9.17) is 0 Å². The van der Waals surface area contributed by atoms with Gasteiger partial charge in [0.2, 0.25) is 0 Å². The summed E-state index contributed by atoms with van der Waals surface area (Å²) >= 11 is 3.35. The maximum Gasteiger partial charge on any atom is 0.151 e. The molecule has 4 heteroatoms. The van der Waals surface area contributed by atoms with Gasteiger partial charge in [-0.3, -0.25) is 9.48 Å². The first kappa shape index (κ1) is 9.40. The van der Waals surface area contributed by atoms with Crippen LogP contribution in [0, 0.1) is 6.92 Å². The third-order valence-electron chi connectivity index (χ3n) is 2.28. The summed E-state index contributed by atoms with van der Waals surface area (Å²) in [5, 5.41) is 5.36. The van der Waals surface area contributed by atoms with Gasteiger partial charge in [-0.05, 0) is 19.1 Å². The van der Waals surface area contributed by atoms with Crippen molar-refractivity contribution in [3.63, 3.8) is 0 Å². The van der Waals surface area contributed by atoms with E-state index in [0.29, 0.717) is 5.56 Å². The van der Waals surface area contributed by atoms with Crippen LogP contribution in [0.3, 0.4) is 0 Å². The first-order valence-corrected chi connectivity index (χ1v) is 5.01. The number of fused-ring (bicyclic) bond motifs is 1. The molecule has 0 N–H and O–H groups in total. The molecule has 0 bridgehead atoms. The largest absolute Gasteiger partial charge is 0.298 e. The molecular formula is C10H9BrN2O. The number of halogens is 1. The Balaban J connectivity index is 2.88. The van der Waals surface area contributed by atoms with Crippen LogP contribution in [0.1, 0.15) is 16.1 Å². The molecule has 0 fully saturated rings. The van der Waals surface area contributed by atoms with Crippen LogP contribution in [-0.2, 0) is 7.05 Å². The van der Waals surface area contributed by atoms with E-state index in [1.54, 1.807) is 4.68 Å². The van der Waals surface area contributed by atoms with Gasteiger partial charge in [-0.1, -0.05) is 15.9 Å². The maximum absolute atomic E-state index is 10.7. The van der Waals surface area contributed by atoms with Crippen LogP contribution in [0.5, 0.6) is 0 Å². The second kappa shape index (κ2) is 3.20. The Morgan fingerprint density at radius 3 is 2.86 bits per heavy atom. The normalized spacial score (nSPS) is 10.8. The van der Waals surface area contributed by atoms with Gasteiger partial charge in [-0.15, -0.1) is 0 Å². The lowest BCUT2D eigenvalue weighted by atomic mass is 10.1. The molecule has 0 saturated carbocycles. The van der Waals surface area contributed by atoms with Crippen molar-refractivity contribution in [1.29, 1.82) is 0 Å². The zero-order chi connectivity index (χ0) is 10.3. The van der Waals surface area contributed by atoms with Gasteiger partial charge in [0.25, 0.3) is 0 Å². The van der Waals surface area contributed by atoms with E-state index in [9.17, 15) is 4.79 Å². The fourth-order valence-corrected chi connectivity index (χ4v) is 2.00. The molecule has 0 atom stereocenters. The number of aryl methyl sites for hydroxylation is 2. The molecule has 1 aromatic heterocycles. The van der Waals surface area contributed by atoms with Crippen molar-refractivity contribution in [2.45, 2.75) is 6.92 Å². The minimum absolute atomic E-state index is 0.653.